The maximum atomic E-state index is 13.5. The number of ether oxygens (including phenoxy) is 1. The van der Waals surface area contributed by atoms with Gasteiger partial charge in [0.15, 0.2) is 0 Å². The Morgan fingerprint density at radius 1 is 1.36 bits per heavy atom. The highest BCUT2D eigenvalue weighted by molar-refractivity contribution is 7.04. The molecule has 2 aromatic rings. The Morgan fingerprint density at radius 3 is 2.68 bits per heavy atom. The van der Waals surface area contributed by atoms with Crippen molar-refractivity contribution in [1.82, 2.24) is 3.96 Å². The molecule has 0 saturated carbocycles. The van der Waals surface area contributed by atoms with E-state index in [1.54, 1.807) is 0 Å². The third-order valence-corrected chi connectivity index (χ3v) is 5.16. The van der Waals surface area contributed by atoms with Crippen LogP contribution in [-0.4, -0.2) is 17.0 Å². The fourth-order valence-electron chi connectivity index (χ4n) is 2.34. The smallest absolute Gasteiger partial charge is 0.282 e. The number of aryl methyl sites for hydroxylation is 1. The third kappa shape index (κ3) is 4.78. The second-order valence-electron chi connectivity index (χ2n) is 6.91. The molecule has 1 aromatic carbocycles. The zero-order chi connectivity index (χ0) is 18.6. The first-order chi connectivity index (χ1) is 11.8. The van der Waals surface area contributed by atoms with E-state index in [4.69, 9.17) is 4.74 Å². The standard InChI is InChI=1S/C19H25FN2O2S/c1-6-7-8-13-12-22(19(2,3)4)25-18(13)21-17(23)15-11-14(20)9-10-16(15)24-5/h9-12H,6-8H2,1-5H3/b21-18-. The van der Waals surface area contributed by atoms with Crippen LogP contribution < -0.4 is 9.41 Å². The summed E-state index contributed by atoms with van der Waals surface area (Å²) in [6.45, 7) is 8.45. The number of benzene rings is 1. The molecule has 2 rings (SSSR count). The van der Waals surface area contributed by atoms with Gasteiger partial charge in [0, 0.05) is 17.3 Å². The summed E-state index contributed by atoms with van der Waals surface area (Å²) in [6, 6.07) is 3.88. The van der Waals surface area contributed by atoms with Gasteiger partial charge in [-0.05, 0) is 63.3 Å². The Hall–Kier alpha value is -1.95. The van der Waals surface area contributed by atoms with Crippen LogP contribution in [0.4, 0.5) is 4.39 Å². The molecule has 0 aliphatic heterocycles. The average molecular weight is 364 g/mol. The minimum Gasteiger partial charge on any atom is -0.496 e. The summed E-state index contributed by atoms with van der Waals surface area (Å²) in [4.78, 5) is 16.9. The highest BCUT2D eigenvalue weighted by atomic mass is 32.1. The summed E-state index contributed by atoms with van der Waals surface area (Å²) in [5, 5.41) is 0. The Bertz CT molecular complexity index is 816. The topological polar surface area (TPSA) is 43.6 Å². The summed E-state index contributed by atoms with van der Waals surface area (Å²) in [5.74, 6) is -0.649. The number of aromatic nitrogens is 1. The molecule has 0 saturated heterocycles. The molecule has 0 radical (unpaired) electrons. The number of nitrogens with zero attached hydrogens (tertiary/aromatic N) is 2. The number of unbranched alkanes of at least 4 members (excludes halogenated alkanes) is 1. The van der Waals surface area contributed by atoms with Gasteiger partial charge in [-0.2, -0.15) is 4.99 Å². The summed E-state index contributed by atoms with van der Waals surface area (Å²) >= 11 is 1.45. The van der Waals surface area contributed by atoms with Crippen LogP contribution in [0.5, 0.6) is 5.75 Å². The number of amides is 1. The Kier molecular flexibility index (Phi) is 6.16. The van der Waals surface area contributed by atoms with Gasteiger partial charge < -0.3 is 4.74 Å². The van der Waals surface area contributed by atoms with Crippen molar-refractivity contribution >= 4 is 17.4 Å². The van der Waals surface area contributed by atoms with Crippen molar-refractivity contribution in [3.05, 3.63) is 46.0 Å². The number of rotatable bonds is 5. The SMILES string of the molecule is CCCCc1cn(C(C)(C)C)s/c1=N\C(=O)c1cc(F)ccc1OC. The van der Waals surface area contributed by atoms with E-state index in [2.05, 4.69) is 42.8 Å². The highest BCUT2D eigenvalue weighted by Gasteiger charge is 2.17. The average Bonchev–Trinajstić information content (AvgIpc) is 2.95. The predicted molar refractivity (Wildman–Crippen MR) is 98.8 cm³/mol. The Labute approximate surface area is 152 Å². The fraction of sp³-hybridized carbons (Fsp3) is 0.474. The van der Waals surface area contributed by atoms with E-state index in [-0.39, 0.29) is 11.1 Å². The third-order valence-electron chi connectivity index (χ3n) is 3.79. The summed E-state index contributed by atoms with van der Waals surface area (Å²) in [5.41, 5.74) is 1.10. The lowest BCUT2D eigenvalue weighted by atomic mass is 10.1. The molecule has 0 bridgehead atoms. The molecular weight excluding hydrogens is 339 g/mol. The minimum absolute atomic E-state index is 0.0843. The Morgan fingerprint density at radius 2 is 2.08 bits per heavy atom. The van der Waals surface area contributed by atoms with Crippen LogP contribution in [0.15, 0.2) is 29.4 Å². The van der Waals surface area contributed by atoms with Crippen LogP contribution in [-0.2, 0) is 12.0 Å². The van der Waals surface area contributed by atoms with E-state index in [0.717, 1.165) is 24.8 Å². The van der Waals surface area contributed by atoms with Crippen LogP contribution in [0.3, 0.4) is 0 Å². The zero-order valence-electron chi connectivity index (χ0n) is 15.4. The van der Waals surface area contributed by atoms with Gasteiger partial charge in [0.05, 0.1) is 12.7 Å². The fourth-order valence-corrected chi connectivity index (χ4v) is 3.37. The largest absolute Gasteiger partial charge is 0.496 e. The Balaban J connectivity index is 2.50. The van der Waals surface area contributed by atoms with Gasteiger partial charge in [-0.3, -0.25) is 8.75 Å². The van der Waals surface area contributed by atoms with Gasteiger partial charge in [0.2, 0.25) is 0 Å². The van der Waals surface area contributed by atoms with Crippen molar-refractivity contribution in [3.63, 3.8) is 0 Å². The molecule has 0 N–H and O–H groups in total. The van der Waals surface area contributed by atoms with Crippen molar-refractivity contribution < 1.29 is 13.9 Å². The normalized spacial score (nSPS) is 12.5. The number of hydrogen-bond donors (Lipinski definition) is 0. The van der Waals surface area contributed by atoms with Gasteiger partial charge >= 0.3 is 0 Å². The minimum atomic E-state index is -0.489. The molecule has 0 fully saturated rings. The second-order valence-corrected chi connectivity index (χ2v) is 7.88. The monoisotopic (exact) mass is 364 g/mol. The van der Waals surface area contributed by atoms with Crippen molar-refractivity contribution in [2.24, 2.45) is 4.99 Å². The number of halogens is 1. The van der Waals surface area contributed by atoms with E-state index < -0.39 is 11.7 Å². The van der Waals surface area contributed by atoms with Crippen molar-refractivity contribution in [2.75, 3.05) is 7.11 Å². The van der Waals surface area contributed by atoms with Gasteiger partial charge in [0.25, 0.3) is 5.91 Å². The van der Waals surface area contributed by atoms with E-state index in [1.807, 2.05) is 0 Å². The molecule has 4 nitrogen and oxygen atoms in total. The van der Waals surface area contributed by atoms with Gasteiger partial charge in [0.1, 0.15) is 16.2 Å². The molecular formula is C19H25FN2O2S. The first-order valence-corrected chi connectivity index (χ1v) is 9.18. The maximum absolute atomic E-state index is 13.5. The zero-order valence-corrected chi connectivity index (χ0v) is 16.2. The van der Waals surface area contributed by atoms with E-state index in [1.165, 1.54) is 36.8 Å². The van der Waals surface area contributed by atoms with Crippen LogP contribution in [0.25, 0.3) is 0 Å². The van der Waals surface area contributed by atoms with Crippen LogP contribution in [0.1, 0.15) is 56.5 Å². The summed E-state index contributed by atoms with van der Waals surface area (Å²) in [6.07, 6.45) is 5.02. The lowest BCUT2D eigenvalue weighted by molar-refractivity contribution is 0.0995. The van der Waals surface area contributed by atoms with Crippen LogP contribution >= 0.6 is 11.5 Å². The molecule has 0 unspecified atom stereocenters. The first kappa shape index (κ1) is 19.4. The molecule has 0 spiro atoms. The highest BCUT2D eigenvalue weighted by Crippen LogP contribution is 2.21. The molecule has 0 aliphatic rings. The summed E-state index contributed by atoms with van der Waals surface area (Å²) < 4.78 is 21.5. The van der Waals surface area contributed by atoms with E-state index in [9.17, 15) is 9.18 Å². The van der Waals surface area contributed by atoms with Gasteiger partial charge in [-0.25, -0.2) is 4.39 Å². The molecule has 0 aliphatic carbocycles. The maximum Gasteiger partial charge on any atom is 0.282 e. The van der Waals surface area contributed by atoms with Gasteiger partial charge in [-0.15, -0.1) is 0 Å². The number of hydrogen-bond acceptors (Lipinski definition) is 3. The molecule has 25 heavy (non-hydrogen) atoms. The first-order valence-electron chi connectivity index (χ1n) is 8.41. The van der Waals surface area contributed by atoms with E-state index >= 15 is 0 Å². The van der Waals surface area contributed by atoms with Crippen molar-refractivity contribution in [1.29, 1.82) is 0 Å². The molecule has 1 amide bonds. The number of carbonyl (C=O) groups is 1. The predicted octanol–water partition coefficient (Wildman–Crippen LogP) is 4.54. The lowest BCUT2D eigenvalue weighted by Crippen LogP contribution is -2.18. The molecule has 0 atom stereocenters. The van der Waals surface area contributed by atoms with Crippen LogP contribution in [0, 0.1) is 5.82 Å². The molecule has 6 heteroatoms. The number of carbonyl (C=O) groups excluding carboxylic acids is 1. The van der Waals surface area contributed by atoms with E-state index in [0.29, 0.717) is 10.4 Å². The quantitative estimate of drug-likeness (QED) is 0.782. The van der Waals surface area contributed by atoms with Crippen LogP contribution in [0.2, 0.25) is 0 Å². The second kappa shape index (κ2) is 7.95. The molecule has 1 aromatic heterocycles. The molecule has 1 heterocycles. The van der Waals surface area contributed by atoms with Gasteiger partial charge in [-0.1, -0.05) is 13.3 Å². The van der Waals surface area contributed by atoms with Crippen molar-refractivity contribution in [3.8, 4) is 5.75 Å². The van der Waals surface area contributed by atoms with Crippen molar-refractivity contribution in [2.45, 2.75) is 52.5 Å². The number of methoxy groups -OCH3 is 1. The molecule has 136 valence electrons. The summed E-state index contributed by atoms with van der Waals surface area (Å²) in [7, 11) is 1.45. The lowest BCUT2D eigenvalue weighted by Gasteiger charge is -2.19.